The summed E-state index contributed by atoms with van der Waals surface area (Å²) in [6.07, 6.45) is -0.121. The van der Waals surface area contributed by atoms with Crippen molar-refractivity contribution in [1.29, 1.82) is 0 Å². The average Bonchev–Trinajstić information content (AvgIpc) is 2.16. The maximum atomic E-state index is 9.58. The number of phenolic OH excluding ortho intramolecular Hbond substituents is 1. The van der Waals surface area contributed by atoms with Gasteiger partial charge in [0, 0.05) is 0 Å². The minimum absolute atomic E-state index is 0.0775. The summed E-state index contributed by atoms with van der Waals surface area (Å²) in [6, 6.07) is 4.94. The van der Waals surface area contributed by atoms with Gasteiger partial charge in [-0.1, -0.05) is 13.0 Å². The van der Waals surface area contributed by atoms with Gasteiger partial charge in [-0.2, -0.15) is 0 Å². The fourth-order valence-corrected chi connectivity index (χ4v) is 1.25. The number of methoxy groups -OCH3 is 1. The maximum Gasteiger partial charge on any atom is 0.128 e. The highest BCUT2D eigenvalue weighted by atomic mass is 16.5. The van der Waals surface area contributed by atoms with Crippen molar-refractivity contribution >= 4 is 0 Å². The van der Waals surface area contributed by atoms with Gasteiger partial charge in [0.25, 0.3) is 0 Å². The minimum Gasteiger partial charge on any atom is -0.507 e. The Labute approximate surface area is 77.6 Å². The molecule has 0 radical (unpaired) electrons. The Morgan fingerprint density at radius 3 is 2.69 bits per heavy atom. The van der Waals surface area contributed by atoms with E-state index in [1.54, 1.807) is 12.1 Å². The third-order valence-electron chi connectivity index (χ3n) is 1.98. The second-order valence-electron chi connectivity index (χ2n) is 2.82. The molecule has 2 N–H and O–H groups in total. The SMILES string of the molecule is CCC(O)c1c(O)cccc1OC. The summed E-state index contributed by atoms with van der Waals surface area (Å²) < 4.78 is 5.03. The van der Waals surface area contributed by atoms with E-state index in [4.69, 9.17) is 4.74 Å². The highest BCUT2D eigenvalue weighted by Gasteiger charge is 2.15. The Kier molecular flexibility index (Phi) is 3.14. The molecular formula is C10H14O3. The second-order valence-corrected chi connectivity index (χ2v) is 2.82. The van der Waals surface area contributed by atoms with Crippen LogP contribution in [0.5, 0.6) is 11.5 Å². The zero-order chi connectivity index (χ0) is 9.84. The van der Waals surface area contributed by atoms with E-state index in [0.717, 1.165) is 0 Å². The third kappa shape index (κ3) is 1.92. The standard InChI is InChI=1S/C10H14O3/c1-3-7(11)10-8(12)5-4-6-9(10)13-2/h4-7,11-12H,3H2,1-2H3. The van der Waals surface area contributed by atoms with E-state index in [9.17, 15) is 10.2 Å². The predicted octanol–water partition coefficient (Wildman–Crippen LogP) is 1.84. The number of aliphatic hydroxyl groups is 1. The van der Waals surface area contributed by atoms with Crippen LogP contribution in [-0.4, -0.2) is 17.3 Å². The van der Waals surface area contributed by atoms with Crippen LogP contribution in [0.4, 0.5) is 0 Å². The van der Waals surface area contributed by atoms with Crippen LogP contribution in [0.3, 0.4) is 0 Å². The van der Waals surface area contributed by atoms with Gasteiger partial charge in [0.15, 0.2) is 0 Å². The Morgan fingerprint density at radius 2 is 2.15 bits per heavy atom. The molecular weight excluding hydrogens is 168 g/mol. The van der Waals surface area contributed by atoms with E-state index in [0.29, 0.717) is 17.7 Å². The van der Waals surface area contributed by atoms with Gasteiger partial charge in [-0.15, -0.1) is 0 Å². The first-order chi connectivity index (χ1) is 6.20. The Morgan fingerprint density at radius 1 is 1.46 bits per heavy atom. The lowest BCUT2D eigenvalue weighted by Gasteiger charge is -2.14. The van der Waals surface area contributed by atoms with Crippen LogP contribution in [0.2, 0.25) is 0 Å². The molecule has 0 spiro atoms. The second kappa shape index (κ2) is 4.14. The summed E-state index contributed by atoms with van der Waals surface area (Å²) in [7, 11) is 1.51. The van der Waals surface area contributed by atoms with Crippen molar-refractivity contribution in [3.05, 3.63) is 23.8 Å². The summed E-state index contributed by atoms with van der Waals surface area (Å²) in [5.41, 5.74) is 0.465. The first-order valence-corrected chi connectivity index (χ1v) is 4.24. The van der Waals surface area contributed by atoms with Gasteiger partial charge in [-0.3, -0.25) is 0 Å². The van der Waals surface area contributed by atoms with Gasteiger partial charge in [0.1, 0.15) is 11.5 Å². The zero-order valence-electron chi connectivity index (χ0n) is 7.82. The lowest BCUT2D eigenvalue weighted by atomic mass is 10.1. The highest BCUT2D eigenvalue weighted by Crippen LogP contribution is 2.34. The largest absolute Gasteiger partial charge is 0.507 e. The smallest absolute Gasteiger partial charge is 0.128 e. The van der Waals surface area contributed by atoms with Crippen molar-refractivity contribution < 1.29 is 14.9 Å². The van der Waals surface area contributed by atoms with Crippen LogP contribution in [0.15, 0.2) is 18.2 Å². The van der Waals surface area contributed by atoms with Crippen molar-refractivity contribution in [2.24, 2.45) is 0 Å². The molecule has 0 saturated heterocycles. The molecule has 0 fully saturated rings. The van der Waals surface area contributed by atoms with Gasteiger partial charge in [-0.05, 0) is 18.6 Å². The van der Waals surface area contributed by atoms with E-state index in [2.05, 4.69) is 0 Å². The van der Waals surface area contributed by atoms with Crippen molar-refractivity contribution in [1.82, 2.24) is 0 Å². The van der Waals surface area contributed by atoms with Crippen molar-refractivity contribution in [3.63, 3.8) is 0 Å². The molecule has 0 bridgehead atoms. The molecule has 1 rings (SSSR count). The van der Waals surface area contributed by atoms with Gasteiger partial charge >= 0.3 is 0 Å². The molecule has 1 aromatic rings. The molecule has 1 unspecified atom stereocenters. The summed E-state index contributed by atoms with van der Waals surface area (Å²) in [6.45, 7) is 1.84. The van der Waals surface area contributed by atoms with Crippen LogP contribution >= 0.6 is 0 Å². The first-order valence-electron chi connectivity index (χ1n) is 4.24. The number of phenols is 1. The van der Waals surface area contributed by atoms with Crippen LogP contribution in [-0.2, 0) is 0 Å². The lowest BCUT2D eigenvalue weighted by Crippen LogP contribution is -1.99. The minimum atomic E-state index is -0.670. The Balaban J connectivity index is 3.14. The zero-order valence-corrected chi connectivity index (χ0v) is 7.82. The summed E-state index contributed by atoms with van der Waals surface area (Å²) >= 11 is 0. The normalized spacial score (nSPS) is 12.5. The lowest BCUT2D eigenvalue weighted by molar-refractivity contribution is 0.165. The first kappa shape index (κ1) is 9.86. The number of hydrogen-bond acceptors (Lipinski definition) is 3. The third-order valence-corrected chi connectivity index (χ3v) is 1.98. The van der Waals surface area contributed by atoms with E-state index < -0.39 is 6.10 Å². The van der Waals surface area contributed by atoms with E-state index >= 15 is 0 Å². The van der Waals surface area contributed by atoms with Crippen molar-refractivity contribution in [3.8, 4) is 11.5 Å². The van der Waals surface area contributed by atoms with Gasteiger partial charge < -0.3 is 14.9 Å². The monoisotopic (exact) mass is 182 g/mol. The molecule has 0 aromatic heterocycles. The average molecular weight is 182 g/mol. The van der Waals surface area contributed by atoms with Crippen molar-refractivity contribution in [2.75, 3.05) is 7.11 Å². The van der Waals surface area contributed by atoms with Crippen LogP contribution in [0.25, 0.3) is 0 Å². The fraction of sp³-hybridized carbons (Fsp3) is 0.400. The fourth-order valence-electron chi connectivity index (χ4n) is 1.25. The molecule has 72 valence electrons. The van der Waals surface area contributed by atoms with Gasteiger partial charge in [0.05, 0.1) is 18.8 Å². The molecule has 0 amide bonds. The number of hydrogen-bond donors (Lipinski definition) is 2. The van der Waals surface area contributed by atoms with Gasteiger partial charge in [-0.25, -0.2) is 0 Å². The molecule has 13 heavy (non-hydrogen) atoms. The quantitative estimate of drug-likeness (QED) is 0.750. The molecule has 3 heteroatoms. The molecule has 0 saturated carbocycles. The number of aromatic hydroxyl groups is 1. The number of rotatable bonds is 3. The molecule has 0 aliphatic rings. The van der Waals surface area contributed by atoms with E-state index in [1.807, 2.05) is 6.92 Å². The molecule has 0 aliphatic carbocycles. The molecule has 1 aromatic carbocycles. The predicted molar refractivity (Wildman–Crippen MR) is 49.9 cm³/mol. The van der Waals surface area contributed by atoms with Crippen LogP contribution in [0.1, 0.15) is 25.0 Å². The van der Waals surface area contributed by atoms with E-state index in [-0.39, 0.29) is 5.75 Å². The summed E-state index contributed by atoms with van der Waals surface area (Å²) in [4.78, 5) is 0. The Hall–Kier alpha value is -1.22. The Bertz CT molecular complexity index is 283. The number of ether oxygens (including phenoxy) is 1. The molecule has 3 nitrogen and oxygen atoms in total. The van der Waals surface area contributed by atoms with E-state index in [1.165, 1.54) is 13.2 Å². The van der Waals surface area contributed by atoms with Gasteiger partial charge in [0.2, 0.25) is 0 Å². The molecule has 0 aliphatic heterocycles. The number of benzene rings is 1. The maximum absolute atomic E-state index is 9.58. The summed E-state index contributed by atoms with van der Waals surface area (Å²) in [5, 5.41) is 19.1. The molecule has 1 atom stereocenters. The topological polar surface area (TPSA) is 49.7 Å². The molecule has 0 heterocycles. The summed E-state index contributed by atoms with van der Waals surface area (Å²) in [5.74, 6) is 0.600. The van der Waals surface area contributed by atoms with Crippen LogP contribution < -0.4 is 4.74 Å². The van der Waals surface area contributed by atoms with Crippen LogP contribution in [0, 0.1) is 0 Å². The highest BCUT2D eigenvalue weighted by molar-refractivity contribution is 5.45. The number of aliphatic hydroxyl groups excluding tert-OH is 1. The van der Waals surface area contributed by atoms with Crippen molar-refractivity contribution in [2.45, 2.75) is 19.4 Å².